The van der Waals surface area contributed by atoms with Gasteiger partial charge in [-0.3, -0.25) is 0 Å². The molecule has 0 unspecified atom stereocenters. The van der Waals surface area contributed by atoms with E-state index in [1.54, 1.807) is 0 Å². The monoisotopic (exact) mass is 199 g/mol. The number of nitrogens with zero attached hydrogens (tertiary/aromatic N) is 1. The molecule has 2 N–H and O–H groups in total. The van der Waals surface area contributed by atoms with Gasteiger partial charge in [-0.25, -0.2) is 0 Å². The molecule has 1 aliphatic rings. The second-order valence-electron chi connectivity index (χ2n) is 3.80. The molecular weight excluding hydrogens is 186 g/mol. The first-order chi connectivity index (χ1) is 7.36. The van der Waals surface area contributed by atoms with Crippen LogP contribution in [-0.2, 0) is 6.54 Å². The molecule has 0 radical (unpaired) electrons. The van der Waals surface area contributed by atoms with Gasteiger partial charge in [0.15, 0.2) is 0 Å². The minimum Gasteiger partial charge on any atom is -0.379 e. The smallest absolute Gasteiger partial charge is 0.0644 e. The fourth-order valence-corrected chi connectivity index (χ4v) is 2.08. The number of aromatic amines is 1. The molecule has 1 aliphatic heterocycles. The number of hydrogen-bond donors (Lipinski definition) is 2. The number of benzene rings is 1. The van der Waals surface area contributed by atoms with Crippen LogP contribution in [0.1, 0.15) is 5.56 Å². The summed E-state index contributed by atoms with van der Waals surface area (Å²) in [5, 5.41) is 3.44. The summed E-state index contributed by atoms with van der Waals surface area (Å²) in [5.74, 6) is 0. The number of rotatable bonds is 0. The van der Waals surface area contributed by atoms with E-state index in [9.17, 15) is 0 Å². The highest BCUT2D eigenvalue weighted by Gasteiger charge is 2.16. The molecule has 2 heterocycles. The Kier molecular flexibility index (Phi) is 1.71. The fourth-order valence-electron chi connectivity index (χ4n) is 2.08. The van der Waals surface area contributed by atoms with Gasteiger partial charge >= 0.3 is 0 Å². The Balaban J connectivity index is 2.18. The molecule has 0 spiro atoms. The van der Waals surface area contributed by atoms with Gasteiger partial charge in [-0.15, -0.1) is 0 Å². The number of aromatic nitrogens is 1. The maximum absolute atomic E-state index is 3.44. The molecule has 1 aromatic heterocycles. The second-order valence-corrected chi connectivity index (χ2v) is 3.80. The molecule has 1 aromatic carbocycles. The Morgan fingerprint density at radius 3 is 2.93 bits per heavy atom. The van der Waals surface area contributed by atoms with Crippen molar-refractivity contribution in [2.45, 2.75) is 6.54 Å². The van der Waals surface area contributed by atoms with E-state index in [2.05, 4.69) is 46.5 Å². The molecule has 0 fully saturated rings. The van der Waals surface area contributed by atoms with Crippen LogP contribution in [0.3, 0.4) is 0 Å². The average Bonchev–Trinajstić information content (AvgIpc) is 2.69. The van der Waals surface area contributed by atoms with Gasteiger partial charge < -0.3 is 15.2 Å². The summed E-state index contributed by atoms with van der Waals surface area (Å²) >= 11 is 0. The number of H-pyrrole nitrogens is 1. The highest BCUT2D eigenvalue weighted by atomic mass is 15.2. The summed E-state index contributed by atoms with van der Waals surface area (Å²) in [5.41, 5.74) is 4.95. The van der Waals surface area contributed by atoms with Crippen LogP contribution in [0.2, 0.25) is 0 Å². The first-order valence-electron chi connectivity index (χ1n) is 5.08. The van der Waals surface area contributed by atoms with Gasteiger partial charge in [0.05, 0.1) is 17.1 Å². The molecular formula is C12H13N3. The summed E-state index contributed by atoms with van der Waals surface area (Å²) in [4.78, 5) is 5.36. The van der Waals surface area contributed by atoms with Crippen LogP contribution in [0.15, 0.2) is 36.7 Å². The largest absolute Gasteiger partial charge is 0.379 e. The van der Waals surface area contributed by atoms with Crippen molar-refractivity contribution in [3.63, 3.8) is 0 Å². The highest BCUT2D eigenvalue weighted by molar-refractivity contribution is 5.79. The zero-order valence-electron chi connectivity index (χ0n) is 8.62. The van der Waals surface area contributed by atoms with E-state index < -0.39 is 0 Å². The number of fused-ring (bicyclic) bond motifs is 2. The molecule has 3 heteroatoms. The highest BCUT2D eigenvalue weighted by Crippen LogP contribution is 2.35. The molecule has 0 aliphatic carbocycles. The maximum atomic E-state index is 3.44. The number of nitrogens with one attached hydrogen (secondary N) is 2. The Labute approximate surface area is 88.7 Å². The molecule has 2 aromatic rings. The van der Waals surface area contributed by atoms with Gasteiger partial charge in [0.2, 0.25) is 0 Å². The van der Waals surface area contributed by atoms with Crippen LogP contribution < -0.4 is 10.2 Å². The lowest BCUT2D eigenvalue weighted by Gasteiger charge is -2.18. The van der Waals surface area contributed by atoms with Crippen molar-refractivity contribution in [1.82, 2.24) is 4.98 Å². The molecule has 3 rings (SSSR count). The van der Waals surface area contributed by atoms with Crippen LogP contribution in [-0.4, -0.2) is 12.0 Å². The van der Waals surface area contributed by atoms with E-state index in [4.69, 9.17) is 0 Å². The molecule has 76 valence electrons. The average molecular weight is 199 g/mol. The Bertz CT molecular complexity index is 487. The minimum atomic E-state index is 0.875. The standard InChI is InChI=1S/C12H13N3/c1-15-11-5-3-2-4-10(11)14-7-9-6-13-8-12(9)15/h2-6,8,13-14H,7H2,1H3. The molecule has 0 bridgehead atoms. The van der Waals surface area contributed by atoms with Crippen LogP contribution in [0, 0.1) is 0 Å². The maximum Gasteiger partial charge on any atom is 0.0644 e. The third-order valence-electron chi connectivity index (χ3n) is 2.90. The van der Waals surface area contributed by atoms with E-state index in [0.29, 0.717) is 0 Å². The van der Waals surface area contributed by atoms with Gasteiger partial charge in [0.25, 0.3) is 0 Å². The SMILES string of the molecule is CN1c2c[nH]cc2CNc2ccccc21. The van der Waals surface area contributed by atoms with Crippen LogP contribution in [0.25, 0.3) is 0 Å². The molecule has 15 heavy (non-hydrogen) atoms. The summed E-state index contributed by atoms with van der Waals surface area (Å²) in [6.45, 7) is 0.875. The molecule has 0 atom stereocenters. The van der Waals surface area contributed by atoms with Crippen molar-refractivity contribution in [3.05, 3.63) is 42.2 Å². The topological polar surface area (TPSA) is 31.1 Å². The number of hydrogen-bond acceptors (Lipinski definition) is 2. The van der Waals surface area contributed by atoms with Gasteiger partial charge in [0.1, 0.15) is 0 Å². The predicted molar refractivity (Wildman–Crippen MR) is 62.6 cm³/mol. The van der Waals surface area contributed by atoms with Crippen LogP contribution >= 0.6 is 0 Å². The first kappa shape index (κ1) is 8.41. The summed E-state index contributed by atoms with van der Waals surface area (Å²) in [7, 11) is 2.10. The molecule has 0 amide bonds. The van der Waals surface area contributed by atoms with Crippen LogP contribution in [0.4, 0.5) is 17.1 Å². The van der Waals surface area contributed by atoms with Crippen molar-refractivity contribution < 1.29 is 0 Å². The summed E-state index contributed by atoms with van der Waals surface area (Å²) < 4.78 is 0. The van der Waals surface area contributed by atoms with Crippen molar-refractivity contribution in [3.8, 4) is 0 Å². The zero-order chi connectivity index (χ0) is 10.3. The van der Waals surface area contributed by atoms with E-state index in [0.717, 1.165) is 6.54 Å². The fraction of sp³-hybridized carbons (Fsp3) is 0.167. The normalized spacial score (nSPS) is 13.8. The zero-order valence-corrected chi connectivity index (χ0v) is 8.62. The predicted octanol–water partition coefficient (Wildman–Crippen LogP) is 2.71. The lowest BCUT2D eigenvalue weighted by Crippen LogP contribution is -2.08. The van der Waals surface area contributed by atoms with E-state index in [1.807, 2.05) is 12.4 Å². The van der Waals surface area contributed by atoms with Gasteiger partial charge in [0, 0.05) is 31.5 Å². The lowest BCUT2D eigenvalue weighted by atomic mass is 10.2. The van der Waals surface area contributed by atoms with Crippen molar-refractivity contribution in [2.24, 2.45) is 0 Å². The molecule has 3 nitrogen and oxygen atoms in total. The number of anilines is 3. The van der Waals surface area contributed by atoms with E-state index in [1.165, 1.54) is 22.6 Å². The summed E-state index contributed by atoms with van der Waals surface area (Å²) in [6, 6.07) is 8.36. The Morgan fingerprint density at radius 1 is 1.13 bits per heavy atom. The van der Waals surface area contributed by atoms with Crippen molar-refractivity contribution in [2.75, 3.05) is 17.3 Å². The number of para-hydroxylation sites is 2. The van der Waals surface area contributed by atoms with Crippen molar-refractivity contribution in [1.29, 1.82) is 0 Å². The van der Waals surface area contributed by atoms with E-state index >= 15 is 0 Å². The van der Waals surface area contributed by atoms with Gasteiger partial charge in [-0.05, 0) is 12.1 Å². The summed E-state index contributed by atoms with van der Waals surface area (Å²) in [6.07, 6.45) is 4.09. The molecule has 0 saturated carbocycles. The lowest BCUT2D eigenvalue weighted by molar-refractivity contribution is 1.16. The Morgan fingerprint density at radius 2 is 2.00 bits per heavy atom. The van der Waals surface area contributed by atoms with Gasteiger partial charge in [-0.2, -0.15) is 0 Å². The third kappa shape index (κ3) is 1.20. The van der Waals surface area contributed by atoms with Crippen molar-refractivity contribution >= 4 is 17.1 Å². The quantitative estimate of drug-likeness (QED) is 0.683. The second kappa shape index (κ2) is 3.05. The Hall–Kier alpha value is -1.90. The third-order valence-corrected chi connectivity index (χ3v) is 2.90. The van der Waals surface area contributed by atoms with Crippen LogP contribution in [0.5, 0.6) is 0 Å². The first-order valence-corrected chi connectivity index (χ1v) is 5.08. The molecule has 0 saturated heterocycles. The van der Waals surface area contributed by atoms with Gasteiger partial charge in [-0.1, -0.05) is 12.1 Å². The van der Waals surface area contributed by atoms with E-state index in [-0.39, 0.29) is 0 Å². The minimum absolute atomic E-state index is 0.875.